The number of rotatable bonds is 3. The van der Waals surface area contributed by atoms with Gasteiger partial charge >= 0.3 is 0 Å². The third-order valence-electron chi connectivity index (χ3n) is 1.82. The lowest BCUT2D eigenvalue weighted by molar-refractivity contribution is 0.104. The van der Waals surface area contributed by atoms with Crippen LogP contribution in [0.15, 0.2) is 18.2 Å². The van der Waals surface area contributed by atoms with Crippen LogP contribution in [0.2, 0.25) is 0 Å². The second kappa shape index (κ2) is 4.30. The lowest BCUT2D eigenvalue weighted by Gasteiger charge is -2.14. The smallest absolute Gasteiger partial charge is 0.132 e. The highest BCUT2D eigenvalue weighted by atomic mass is 19.1. The standard InChI is InChI=1S/C9H11F2NO/c1-13-8(5-12)9-6(10)3-2-4-7(9)11/h2-4,8H,5,12H2,1H3/t8-/m1/s1. The van der Waals surface area contributed by atoms with Gasteiger partial charge in [0.1, 0.15) is 11.6 Å². The molecule has 2 nitrogen and oxygen atoms in total. The molecule has 0 aliphatic rings. The zero-order valence-corrected chi connectivity index (χ0v) is 7.26. The van der Waals surface area contributed by atoms with Crippen molar-refractivity contribution in [1.82, 2.24) is 0 Å². The molecule has 4 heteroatoms. The van der Waals surface area contributed by atoms with Crippen LogP contribution in [-0.2, 0) is 4.74 Å². The number of methoxy groups -OCH3 is 1. The molecule has 1 rings (SSSR count). The van der Waals surface area contributed by atoms with Crippen LogP contribution in [0.4, 0.5) is 8.78 Å². The first-order valence-electron chi connectivity index (χ1n) is 3.87. The highest BCUT2D eigenvalue weighted by Crippen LogP contribution is 2.21. The first-order chi connectivity index (χ1) is 6.20. The van der Waals surface area contributed by atoms with E-state index in [0.29, 0.717) is 0 Å². The molecule has 0 aromatic heterocycles. The number of benzene rings is 1. The Bertz CT molecular complexity index is 267. The Hall–Kier alpha value is -1.00. The minimum absolute atomic E-state index is 0.0500. The van der Waals surface area contributed by atoms with Crippen LogP contribution in [0, 0.1) is 11.6 Å². The van der Waals surface area contributed by atoms with Crippen LogP contribution >= 0.6 is 0 Å². The molecular weight excluding hydrogens is 176 g/mol. The summed E-state index contributed by atoms with van der Waals surface area (Å²) in [6.45, 7) is 0.0500. The van der Waals surface area contributed by atoms with Gasteiger partial charge in [-0.15, -0.1) is 0 Å². The van der Waals surface area contributed by atoms with Gasteiger partial charge in [-0.05, 0) is 12.1 Å². The molecule has 0 saturated heterocycles. The van der Waals surface area contributed by atoms with Crippen molar-refractivity contribution in [2.45, 2.75) is 6.10 Å². The van der Waals surface area contributed by atoms with Crippen molar-refractivity contribution in [2.75, 3.05) is 13.7 Å². The van der Waals surface area contributed by atoms with Gasteiger partial charge in [-0.1, -0.05) is 6.07 Å². The Morgan fingerprint density at radius 3 is 2.31 bits per heavy atom. The molecule has 72 valence electrons. The molecule has 0 radical (unpaired) electrons. The number of hydrogen-bond donors (Lipinski definition) is 1. The van der Waals surface area contributed by atoms with Gasteiger partial charge in [-0.25, -0.2) is 8.78 Å². The van der Waals surface area contributed by atoms with Crippen molar-refractivity contribution < 1.29 is 13.5 Å². The minimum Gasteiger partial charge on any atom is -0.375 e. The molecule has 0 spiro atoms. The zero-order valence-electron chi connectivity index (χ0n) is 7.26. The van der Waals surface area contributed by atoms with Gasteiger partial charge in [-0.2, -0.15) is 0 Å². The fourth-order valence-electron chi connectivity index (χ4n) is 1.15. The van der Waals surface area contributed by atoms with Crippen LogP contribution < -0.4 is 5.73 Å². The van der Waals surface area contributed by atoms with E-state index in [1.165, 1.54) is 25.3 Å². The molecule has 0 saturated carbocycles. The molecule has 1 aromatic rings. The highest BCUT2D eigenvalue weighted by Gasteiger charge is 2.17. The molecule has 0 fully saturated rings. The van der Waals surface area contributed by atoms with Crippen molar-refractivity contribution in [1.29, 1.82) is 0 Å². The van der Waals surface area contributed by atoms with Crippen molar-refractivity contribution in [3.63, 3.8) is 0 Å². The maximum Gasteiger partial charge on any atom is 0.132 e. The molecule has 2 N–H and O–H groups in total. The van der Waals surface area contributed by atoms with Gasteiger partial charge in [0.2, 0.25) is 0 Å². The summed E-state index contributed by atoms with van der Waals surface area (Å²) in [7, 11) is 1.36. The molecular formula is C9H11F2NO. The number of ether oxygens (including phenoxy) is 1. The molecule has 0 heterocycles. The normalized spacial score (nSPS) is 12.9. The quantitative estimate of drug-likeness (QED) is 0.780. The maximum absolute atomic E-state index is 13.1. The summed E-state index contributed by atoms with van der Waals surface area (Å²) >= 11 is 0. The number of hydrogen-bond acceptors (Lipinski definition) is 2. The van der Waals surface area contributed by atoms with Gasteiger partial charge in [0.15, 0.2) is 0 Å². The van der Waals surface area contributed by atoms with Crippen LogP contribution in [0.25, 0.3) is 0 Å². The topological polar surface area (TPSA) is 35.2 Å². The Kier molecular flexibility index (Phi) is 3.33. The first-order valence-corrected chi connectivity index (χ1v) is 3.87. The fraction of sp³-hybridized carbons (Fsp3) is 0.333. The minimum atomic E-state index is -0.721. The van der Waals surface area contributed by atoms with E-state index in [-0.39, 0.29) is 12.1 Å². The first kappa shape index (κ1) is 10.1. The molecule has 0 bridgehead atoms. The van der Waals surface area contributed by atoms with Gasteiger partial charge in [0, 0.05) is 13.7 Å². The largest absolute Gasteiger partial charge is 0.375 e. The molecule has 1 aromatic carbocycles. The van der Waals surface area contributed by atoms with Gasteiger partial charge in [-0.3, -0.25) is 0 Å². The van der Waals surface area contributed by atoms with E-state index < -0.39 is 17.7 Å². The van der Waals surface area contributed by atoms with E-state index >= 15 is 0 Å². The van der Waals surface area contributed by atoms with E-state index in [9.17, 15) is 8.78 Å². The van der Waals surface area contributed by atoms with E-state index in [0.717, 1.165) is 0 Å². The summed E-state index contributed by atoms with van der Waals surface area (Å²) < 4.78 is 31.0. The molecule has 0 amide bonds. The lowest BCUT2D eigenvalue weighted by Crippen LogP contribution is -2.17. The average molecular weight is 187 g/mol. The maximum atomic E-state index is 13.1. The average Bonchev–Trinajstić information content (AvgIpc) is 2.11. The molecule has 13 heavy (non-hydrogen) atoms. The highest BCUT2D eigenvalue weighted by molar-refractivity contribution is 5.22. The molecule has 1 atom stereocenters. The summed E-state index contributed by atoms with van der Waals surface area (Å²) in [6.07, 6.45) is -0.721. The Balaban J connectivity index is 3.10. The molecule has 0 aliphatic carbocycles. The Morgan fingerprint density at radius 1 is 1.38 bits per heavy atom. The third-order valence-corrected chi connectivity index (χ3v) is 1.82. The van der Waals surface area contributed by atoms with Crippen LogP contribution in [0.3, 0.4) is 0 Å². The van der Waals surface area contributed by atoms with Crippen molar-refractivity contribution in [3.8, 4) is 0 Å². The summed E-state index contributed by atoms with van der Waals surface area (Å²) in [5.74, 6) is -1.25. The van der Waals surface area contributed by atoms with Crippen LogP contribution in [-0.4, -0.2) is 13.7 Å². The van der Waals surface area contributed by atoms with Crippen molar-refractivity contribution >= 4 is 0 Å². The van der Waals surface area contributed by atoms with E-state index in [1.807, 2.05) is 0 Å². The van der Waals surface area contributed by atoms with Gasteiger partial charge in [0.25, 0.3) is 0 Å². The fourth-order valence-corrected chi connectivity index (χ4v) is 1.15. The van der Waals surface area contributed by atoms with Gasteiger partial charge < -0.3 is 10.5 Å². The molecule has 0 aliphatic heterocycles. The second-order valence-corrected chi connectivity index (χ2v) is 2.60. The van der Waals surface area contributed by atoms with E-state index in [2.05, 4.69) is 0 Å². The van der Waals surface area contributed by atoms with Crippen molar-refractivity contribution in [3.05, 3.63) is 35.4 Å². The van der Waals surface area contributed by atoms with Crippen LogP contribution in [0.5, 0.6) is 0 Å². The summed E-state index contributed by atoms with van der Waals surface area (Å²) in [4.78, 5) is 0. The summed E-state index contributed by atoms with van der Waals surface area (Å²) in [5, 5.41) is 0. The lowest BCUT2D eigenvalue weighted by atomic mass is 10.1. The zero-order chi connectivity index (χ0) is 9.84. The predicted molar refractivity (Wildman–Crippen MR) is 45.2 cm³/mol. The summed E-state index contributed by atoms with van der Waals surface area (Å²) in [6, 6.07) is 3.66. The number of halogens is 2. The van der Waals surface area contributed by atoms with Crippen molar-refractivity contribution in [2.24, 2.45) is 5.73 Å². The Labute approximate surface area is 75.3 Å². The second-order valence-electron chi connectivity index (χ2n) is 2.60. The monoisotopic (exact) mass is 187 g/mol. The third kappa shape index (κ3) is 2.02. The molecule has 0 unspecified atom stereocenters. The Morgan fingerprint density at radius 2 is 1.92 bits per heavy atom. The predicted octanol–water partition coefficient (Wildman–Crippen LogP) is 1.61. The van der Waals surface area contributed by atoms with Gasteiger partial charge in [0.05, 0.1) is 11.7 Å². The van der Waals surface area contributed by atoms with E-state index in [4.69, 9.17) is 10.5 Å². The van der Waals surface area contributed by atoms with E-state index in [1.54, 1.807) is 0 Å². The summed E-state index contributed by atoms with van der Waals surface area (Å²) in [5.41, 5.74) is 5.19. The number of nitrogens with two attached hydrogens (primary N) is 1. The SMILES string of the molecule is CO[C@H](CN)c1c(F)cccc1F. The van der Waals surface area contributed by atoms with Crippen LogP contribution in [0.1, 0.15) is 11.7 Å².